The standard InChI is InChI=1S/C24H26N2O5/c1-15(27)24(25-13-14-30-21-10-6-5-9-20(21)29-2)31-23-19(28)12-11-18-22(23)16-7-3-4-8-17(16)26-18/h3-12,15,24-28H,13-14H2,1-2H3. The number of hydrogen-bond donors (Lipinski definition) is 4. The minimum Gasteiger partial charge on any atom is -0.504 e. The third kappa shape index (κ3) is 4.38. The molecule has 0 spiro atoms. The van der Waals surface area contributed by atoms with Crippen molar-refractivity contribution in [1.82, 2.24) is 10.3 Å². The van der Waals surface area contributed by atoms with Gasteiger partial charge in [0.15, 0.2) is 29.2 Å². The van der Waals surface area contributed by atoms with Crippen molar-refractivity contribution in [3.8, 4) is 23.0 Å². The highest BCUT2D eigenvalue weighted by Crippen LogP contribution is 2.40. The number of fused-ring (bicyclic) bond motifs is 3. The van der Waals surface area contributed by atoms with Gasteiger partial charge in [0.05, 0.1) is 18.0 Å². The molecule has 3 aromatic carbocycles. The molecule has 0 aliphatic rings. The number of aliphatic hydroxyl groups excluding tert-OH is 1. The molecule has 0 saturated heterocycles. The van der Waals surface area contributed by atoms with Crippen LogP contribution in [-0.4, -0.2) is 47.8 Å². The van der Waals surface area contributed by atoms with Gasteiger partial charge in [-0.15, -0.1) is 0 Å². The van der Waals surface area contributed by atoms with E-state index in [0.29, 0.717) is 30.4 Å². The maximum Gasteiger partial charge on any atom is 0.176 e. The molecule has 2 atom stereocenters. The maximum atomic E-state index is 10.5. The second kappa shape index (κ2) is 9.16. The average molecular weight is 422 g/mol. The Balaban J connectivity index is 1.50. The van der Waals surface area contributed by atoms with Gasteiger partial charge in [0, 0.05) is 17.4 Å². The number of hydrogen-bond acceptors (Lipinski definition) is 6. The fourth-order valence-electron chi connectivity index (χ4n) is 3.56. The first kappa shape index (κ1) is 20.8. The fraction of sp³-hybridized carbons (Fsp3) is 0.250. The molecule has 162 valence electrons. The van der Waals surface area contributed by atoms with Gasteiger partial charge in [-0.1, -0.05) is 30.3 Å². The Hall–Kier alpha value is -3.42. The van der Waals surface area contributed by atoms with Crippen molar-refractivity contribution in [2.24, 2.45) is 0 Å². The van der Waals surface area contributed by atoms with Gasteiger partial charge in [-0.2, -0.15) is 0 Å². The summed E-state index contributed by atoms with van der Waals surface area (Å²) in [4.78, 5) is 3.32. The number of nitrogens with one attached hydrogen (secondary N) is 2. The van der Waals surface area contributed by atoms with Gasteiger partial charge in [-0.3, -0.25) is 5.32 Å². The van der Waals surface area contributed by atoms with Gasteiger partial charge in [0.25, 0.3) is 0 Å². The second-order valence-corrected chi connectivity index (χ2v) is 7.24. The Kier molecular flexibility index (Phi) is 6.16. The predicted octanol–water partition coefficient (Wildman–Crippen LogP) is 3.79. The Labute approximate surface area is 180 Å². The van der Waals surface area contributed by atoms with Crippen molar-refractivity contribution in [2.45, 2.75) is 19.3 Å². The first-order chi connectivity index (χ1) is 15.1. The molecule has 4 rings (SSSR count). The molecule has 0 radical (unpaired) electrons. The van der Waals surface area contributed by atoms with Crippen molar-refractivity contribution < 1.29 is 24.4 Å². The molecule has 7 heteroatoms. The fourth-order valence-corrected chi connectivity index (χ4v) is 3.56. The van der Waals surface area contributed by atoms with E-state index in [2.05, 4.69) is 10.3 Å². The molecule has 0 amide bonds. The van der Waals surface area contributed by atoms with Crippen molar-refractivity contribution in [3.05, 3.63) is 60.7 Å². The number of phenols is 1. The maximum absolute atomic E-state index is 10.5. The third-order valence-electron chi connectivity index (χ3n) is 5.06. The van der Waals surface area contributed by atoms with Gasteiger partial charge in [-0.25, -0.2) is 0 Å². The first-order valence-corrected chi connectivity index (χ1v) is 10.1. The van der Waals surface area contributed by atoms with E-state index in [4.69, 9.17) is 14.2 Å². The molecule has 2 unspecified atom stereocenters. The van der Waals surface area contributed by atoms with Crippen molar-refractivity contribution in [1.29, 1.82) is 0 Å². The van der Waals surface area contributed by atoms with Crippen LogP contribution in [0.3, 0.4) is 0 Å². The summed E-state index contributed by atoms with van der Waals surface area (Å²) in [5.41, 5.74) is 1.79. The number of aliphatic hydroxyl groups is 1. The van der Waals surface area contributed by atoms with Crippen LogP contribution in [0.5, 0.6) is 23.0 Å². The lowest BCUT2D eigenvalue weighted by Gasteiger charge is -2.24. The Morgan fingerprint density at radius 3 is 2.48 bits per heavy atom. The molecular formula is C24H26N2O5. The van der Waals surface area contributed by atoms with Crippen molar-refractivity contribution in [2.75, 3.05) is 20.3 Å². The number of ether oxygens (including phenoxy) is 3. The highest BCUT2D eigenvalue weighted by molar-refractivity contribution is 6.11. The predicted molar refractivity (Wildman–Crippen MR) is 120 cm³/mol. The first-order valence-electron chi connectivity index (χ1n) is 10.1. The van der Waals surface area contributed by atoms with E-state index in [9.17, 15) is 10.2 Å². The van der Waals surface area contributed by atoms with Crippen LogP contribution in [0.4, 0.5) is 0 Å². The molecule has 1 aromatic heterocycles. The summed E-state index contributed by atoms with van der Waals surface area (Å²) < 4.78 is 17.1. The molecule has 0 saturated carbocycles. The molecule has 4 N–H and O–H groups in total. The van der Waals surface area contributed by atoms with Crippen molar-refractivity contribution in [3.63, 3.8) is 0 Å². The van der Waals surface area contributed by atoms with Gasteiger partial charge in [0.2, 0.25) is 0 Å². The molecule has 1 heterocycles. The average Bonchev–Trinajstić information content (AvgIpc) is 3.16. The number of H-pyrrole nitrogens is 1. The number of aromatic nitrogens is 1. The van der Waals surface area contributed by atoms with E-state index in [1.807, 2.05) is 54.6 Å². The summed E-state index contributed by atoms with van der Waals surface area (Å²) in [5, 5.41) is 25.6. The normalized spacial score (nSPS) is 13.3. The summed E-state index contributed by atoms with van der Waals surface area (Å²) in [5.74, 6) is 1.62. The number of para-hydroxylation sites is 3. The molecule has 4 aromatic rings. The summed E-state index contributed by atoms with van der Waals surface area (Å²) in [7, 11) is 1.59. The van der Waals surface area contributed by atoms with E-state index >= 15 is 0 Å². The zero-order valence-corrected chi connectivity index (χ0v) is 17.5. The van der Waals surface area contributed by atoms with Crippen LogP contribution in [0, 0.1) is 0 Å². The summed E-state index contributed by atoms with van der Waals surface area (Å²) >= 11 is 0. The second-order valence-electron chi connectivity index (χ2n) is 7.24. The van der Waals surface area contributed by atoms with Crippen LogP contribution in [-0.2, 0) is 0 Å². The van der Waals surface area contributed by atoms with Gasteiger partial charge >= 0.3 is 0 Å². The minimum atomic E-state index is -0.828. The van der Waals surface area contributed by atoms with Gasteiger partial charge < -0.3 is 29.4 Å². The molecule has 0 bridgehead atoms. The van der Waals surface area contributed by atoms with E-state index in [1.165, 1.54) is 0 Å². The number of benzene rings is 3. The van der Waals surface area contributed by atoms with Crippen molar-refractivity contribution >= 4 is 21.8 Å². The quantitative estimate of drug-likeness (QED) is 0.242. The largest absolute Gasteiger partial charge is 0.504 e. The van der Waals surface area contributed by atoms with E-state index in [0.717, 1.165) is 21.8 Å². The molecule has 0 fully saturated rings. The zero-order chi connectivity index (χ0) is 21.8. The van der Waals surface area contributed by atoms with Crippen LogP contribution < -0.4 is 19.5 Å². The van der Waals surface area contributed by atoms with E-state index in [-0.39, 0.29) is 5.75 Å². The van der Waals surface area contributed by atoms with E-state index < -0.39 is 12.3 Å². The SMILES string of the molecule is COc1ccccc1OCCNC(Oc1c(O)ccc2[nH]c3ccccc3c12)C(C)O. The monoisotopic (exact) mass is 422 g/mol. The Morgan fingerprint density at radius 2 is 1.71 bits per heavy atom. The van der Waals surface area contributed by atoms with Crippen LogP contribution in [0.2, 0.25) is 0 Å². The molecule has 31 heavy (non-hydrogen) atoms. The zero-order valence-electron chi connectivity index (χ0n) is 17.5. The van der Waals surface area contributed by atoms with Crippen LogP contribution in [0.1, 0.15) is 6.92 Å². The Bertz CT molecular complexity index is 1170. The third-order valence-corrected chi connectivity index (χ3v) is 5.06. The molecule has 0 aliphatic carbocycles. The lowest BCUT2D eigenvalue weighted by Crippen LogP contribution is -2.44. The number of rotatable bonds is 9. The lowest BCUT2D eigenvalue weighted by molar-refractivity contribution is 0.0246. The highest BCUT2D eigenvalue weighted by atomic mass is 16.5. The number of aromatic hydroxyl groups is 1. The minimum absolute atomic E-state index is 0.00924. The van der Waals surface area contributed by atoms with Crippen LogP contribution >= 0.6 is 0 Å². The molecule has 0 aliphatic heterocycles. The Morgan fingerprint density at radius 1 is 0.968 bits per heavy atom. The smallest absolute Gasteiger partial charge is 0.176 e. The van der Waals surface area contributed by atoms with Crippen LogP contribution in [0.15, 0.2) is 60.7 Å². The van der Waals surface area contributed by atoms with Gasteiger partial charge in [-0.05, 0) is 37.3 Å². The number of phenolic OH excluding ortho intramolecular Hbond substituents is 1. The molecular weight excluding hydrogens is 396 g/mol. The highest BCUT2D eigenvalue weighted by Gasteiger charge is 2.21. The topological polar surface area (TPSA) is 96.0 Å². The lowest BCUT2D eigenvalue weighted by atomic mass is 10.1. The molecule has 7 nitrogen and oxygen atoms in total. The van der Waals surface area contributed by atoms with E-state index in [1.54, 1.807) is 20.1 Å². The summed E-state index contributed by atoms with van der Waals surface area (Å²) in [6.45, 7) is 2.39. The number of methoxy groups -OCH3 is 1. The van der Waals surface area contributed by atoms with Crippen LogP contribution in [0.25, 0.3) is 21.8 Å². The number of aromatic amines is 1. The van der Waals surface area contributed by atoms with Gasteiger partial charge in [0.1, 0.15) is 12.7 Å². The summed E-state index contributed by atoms with van der Waals surface area (Å²) in [6, 6.07) is 18.6. The summed E-state index contributed by atoms with van der Waals surface area (Å²) in [6.07, 6.45) is -1.57.